The predicted molar refractivity (Wildman–Crippen MR) is 96.3 cm³/mol. The average molecular weight is 373 g/mol. The number of hydrogen-bond acceptors (Lipinski definition) is 7. The Kier molecular flexibility index (Phi) is 5.60. The molecule has 7 nitrogen and oxygen atoms in total. The molecule has 140 valence electrons. The number of ether oxygens (including phenoxy) is 2. The van der Waals surface area contributed by atoms with Crippen molar-refractivity contribution in [3.63, 3.8) is 0 Å². The molecule has 0 unspecified atom stereocenters. The van der Waals surface area contributed by atoms with Gasteiger partial charge in [0.05, 0.1) is 20.4 Å². The van der Waals surface area contributed by atoms with Gasteiger partial charge in [0.25, 0.3) is 0 Å². The van der Waals surface area contributed by atoms with Crippen LogP contribution in [-0.2, 0) is 6.54 Å². The third-order valence-electron chi connectivity index (χ3n) is 3.66. The van der Waals surface area contributed by atoms with Crippen LogP contribution in [0.4, 0.5) is 26.2 Å². The van der Waals surface area contributed by atoms with Crippen molar-refractivity contribution in [1.29, 1.82) is 0 Å². The average Bonchev–Trinajstić information content (AvgIpc) is 2.69. The second kappa shape index (κ2) is 8.26. The van der Waals surface area contributed by atoms with Crippen LogP contribution in [0.1, 0.15) is 5.56 Å². The van der Waals surface area contributed by atoms with Crippen LogP contribution < -0.4 is 20.1 Å². The van der Waals surface area contributed by atoms with Gasteiger partial charge in [-0.2, -0.15) is 10.1 Å². The van der Waals surface area contributed by atoms with E-state index in [2.05, 4.69) is 25.8 Å². The predicted octanol–water partition coefficient (Wildman–Crippen LogP) is 3.52. The van der Waals surface area contributed by atoms with E-state index in [1.165, 1.54) is 12.3 Å². The number of hydrogen-bond donors (Lipinski definition) is 2. The molecule has 0 amide bonds. The molecular weight excluding hydrogens is 356 g/mol. The van der Waals surface area contributed by atoms with Crippen molar-refractivity contribution in [1.82, 2.24) is 15.2 Å². The highest BCUT2D eigenvalue weighted by molar-refractivity contribution is 5.54. The van der Waals surface area contributed by atoms with E-state index in [-0.39, 0.29) is 5.95 Å². The molecule has 1 heterocycles. The van der Waals surface area contributed by atoms with Crippen LogP contribution in [0.3, 0.4) is 0 Å². The van der Waals surface area contributed by atoms with Crippen LogP contribution in [0.5, 0.6) is 11.5 Å². The lowest BCUT2D eigenvalue weighted by Crippen LogP contribution is -2.06. The minimum Gasteiger partial charge on any atom is -0.493 e. The molecule has 0 aliphatic rings. The zero-order valence-electron chi connectivity index (χ0n) is 14.7. The van der Waals surface area contributed by atoms with Gasteiger partial charge in [-0.15, -0.1) is 5.10 Å². The quantitative estimate of drug-likeness (QED) is 0.656. The first-order chi connectivity index (χ1) is 13.1. The Morgan fingerprint density at radius 2 is 1.78 bits per heavy atom. The van der Waals surface area contributed by atoms with Crippen LogP contribution in [0.25, 0.3) is 0 Å². The molecule has 2 N–H and O–H groups in total. The SMILES string of the molecule is COc1ccc(CNc2cnnc(Nc3ccc(F)c(F)c3)n2)cc1OC. The molecular formula is C18H17F2N5O2. The fraction of sp³-hybridized carbons (Fsp3) is 0.167. The van der Waals surface area contributed by atoms with Gasteiger partial charge in [0.15, 0.2) is 29.0 Å². The lowest BCUT2D eigenvalue weighted by Gasteiger charge is -2.11. The van der Waals surface area contributed by atoms with Gasteiger partial charge >= 0.3 is 0 Å². The Hall–Kier alpha value is -3.49. The van der Waals surface area contributed by atoms with Gasteiger partial charge in [0, 0.05) is 18.3 Å². The van der Waals surface area contributed by atoms with E-state index >= 15 is 0 Å². The summed E-state index contributed by atoms with van der Waals surface area (Å²) in [7, 11) is 3.14. The zero-order valence-corrected chi connectivity index (χ0v) is 14.7. The number of anilines is 3. The van der Waals surface area contributed by atoms with Crippen molar-refractivity contribution in [2.45, 2.75) is 6.54 Å². The minimum atomic E-state index is -0.962. The first-order valence-electron chi connectivity index (χ1n) is 7.95. The standard InChI is InChI=1S/C18H17F2N5O2/c1-26-15-6-3-11(7-16(15)27-2)9-21-17-10-22-25-18(24-17)23-12-4-5-13(19)14(20)8-12/h3-8,10H,9H2,1-2H3,(H2,21,23,24,25). The molecule has 2 aromatic carbocycles. The summed E-state index contributed by atoms with van der Waals surface area (Å²) < 4.78 is 36.8. The number of benzene rings is 2. The number of nitrogens with one attached hydrogen (secondary N) is 2. The molecule has 0 saturated heterocycles. The van der Waals surface area contributed by atoms with E-state index in [0.29, 0.717) is 29.5 Å². The summed E-state index contributed by atoms with van der Waals surface area (Å²) in [5.41, 5.74) is 1.26. The van der Waals surface area contributed by atoms with E-state index in [9.17, 15) is 8.78 Å². The van der Waals surface area contributed by atoms with Crippen LogP contribution in [0.2, 0.25) is 0 Å². The van der Waals surface area contributed by atoms with Crippen molar-refractivity contribution in [2.75, 3.05) is 24.9 Å². The minimum absolute atomic E-state index is 0.151. The molecule has 0 saturated carbocycles. The molecule has 0 fully saturated rings. The molecule has 27 heavy (non-hydrogen) atoms. The van der Waals surface area contributed by atoms with Crippen molar-refractivity contribution in [2.24, 2.45) is 0 Å². The fourth-order valence-electron chi connectivity index (χ4n) is 2.33. The zero-order chi connectivity index (χ0) is 19.2. The maximum atomic E-state index is 13.3. The van der Waals surface area contributed by atoms with Crippen LogP contribution in [0, 0.1) is 11.6 Å². The van der Waals surface area contributed by atoms with Crippen molar-refractivity contribution in [3.8, 4) is 11.5 Å². The largest absolute Gasteiger partial charge is 0.493 e. The Morgan fingerprint density at radius 1 is 0.963 bits per heavy atom. The molecule has 3 rings (SSSR count). The van der Waals surface area contributed by atoms with Gasteiger partial charge < -0.3 is 20.1 Å². The van der Waals surface area contributed by atoms with Gasteiger partial charge in [-0.1, -0.05) is 6.07 Å². The van der Waals surface area contributed by atoms with E-state index in [1.54, 1.807) is 14.2 Å². The first-order valence-corrected chi connectivity index (χ1v) is 7.95. The molecule has 9 heteroatoms. The maximum Gasteiger partial charge on any atom is 0.249 e. The van der Waals surface area contributed by atoms with Crippen molar-refractivity contribution >= 4 is 17.5 Å². The number of nitrogens with zero attached hydrogens (tertiary/aromatic N) is 3. The molecule has 0 aliphatic heterocycles. The molecule has 0 spiro atoms. The highest BCUT2D eigenvalue weighted by atomic mass is 19.2. The second-order valence-corrected chi connectivity index (χ2v) is 5.46. The molecule has 0 aliphatic carbocycles. The Morgan fingerprint density at radius 3 is 2.52 bits per heavy atom. The summed E-state index contributed by atoms with van der Waals surface area (Å²) in [6.07, 6.45) is 1.46. The van der Waals surface area contributed by atoms with E-state index < -0.39 is 11.6 Å². The summed E-state index contributed by atoms with van der Waals surface area (Å²) >= 11 is 0. The van der Waals surface area contributed by atoms with Gasteiger partial charge in [-0.3, -0.25) is 0 Å². The Balaban J connectivity index is 1.68. The number of methoxy groups -OCH3 is 2. The molecule has 1 aromatic heterocycles. The number of aromatic nitrogens is 3. The van der Waals surface area contributed by atoms with Crippen molar-refractivity contribution in [3.05, 3.63) is 59.8 Å². The molecule has 3 aromatic rings. The summed E-state index contributed by atoms with van der Waals surface area (Å²) in [5, 5.41) is 13.6. The summed E-state index contributed by atoms with van der Waals surface area (Å²) in [5.74, 6) is -0.00918. The molecule has 0 bridgehead atoms. The lowest BCUT2D eigenvalue weighted by molar-refractivity contribution is 0.354. The van der Waals surface area contributed by atoms with Crippen molar-refractivity contribution < 1.29 is 18.3 Å². The lowest BCUT2D eigenvalue weighted by atomic mass is 10.2. The van der Waals surface area contributed by atoms with Crippen LogP contribution >= 0.6 is 0 Å². The number of rotatable bonds is 7. The van der Waals surface area contributed by atoms with Crippen LogP contribution in [0.15, 0.2) is 42.6 Å². The molecule has 0 atom stereocenters. The second-order valence-electron chi connectivity index (χ2n) is 5.46. The third kappa shape index (κ3) is 4.57. The van der Waals surface area contributed by atoms with E-state index in [0.717, 1.165) is 17.7 Å². The van der Waals surface area contributed by atoms with Gasteiger partial charge in [-0.05, 0) is 29.8 Å². The summed E-state index contributed by atoms with van der Waals surface area (Å²) in [4.78, 5) is 4.24. The van der Waals surface area contributed by atoms with Gasteiger partial charge in [0.1, 0.15) is 0 Å². The monoisotopic (exact) mass is 373 g/mol. The Labute approximate surface area is 154 Å². The molecule has 0 radical (unpaired) electrons. The first kappa shape index (κ1) is 18.3. The van der Waals surface area contributed by atoms with Crippen LogP contribution in [-0.4, -0.2) is 29.4 Å². The fourth-order valence-corrected chi connectivity index (χ4v) is 2.33. The van der Waals surface area contributed by atoms with E-state index in [4.69, 9.17) is 9.47 Å². The third-order valence-corrected chi connectivity index (χ3v) is 3.66. The normalized spacial score (nSPS) is 10.4. The Bertz CT molecular complexity index is 939. The van der Waals surface area contributed by atoms with E-state index in [1.807, 2.05) is 18.2 Å². The van der Waals surface area contributed by atoms with Gasteiger partial charge in [0.2, 0.25) is 5.95 Å². The number of halogens is 2. The maximum absolute atomic E-state index is 13.3. The summed E-state index contributed by atoms with van der Waals surface area (Å²) in [6.45, 7) is 0.462. The highest BCUT2D eigenvalue weighted by Crippen LogP contribution is 2.27. The smallest absolute Gasteiger partial charge is 0.249 e. The van der Waals surface area contributed by atoms with Gasteiger partial charge in [-0.25, -0.2) is 8.78 Å². The summed E-state index contributed by atoms with van der Waals surface area (Å²) in [6, 6.07) is 8.96. The highest BCUT2D eigenvalue weighted by Gasteiger charge is 2.07. The topological polar surface area (TPSA) is 81.2 Å².